The van der Waals surface area contributed by atoms with Gasteiger partial charge in [0.25, 0.3) is 0 Å². The summed E-state index contributed by atoms with van der Waals surface area (Å²) in [6, 6.07) is 3.86. The summed E-state index contributed by atoms with van der Waals surface area (Å²) in [7, 11) is 1.28. The number of anilines is 1. The number of rotatable bonds is 5. The first kappa shape index (κ1) is 16.7. The molecule has 2 fully saturated rings. The molecule has 1 aliphatic heterocycles. The molecule has 1 aliphatic carbocycles. The Morgan fingerprint density at radius 3 is 2.71 bits per heavy atom. The Kier molecular flexibility index (Phi) is 4.43. The van der Waals surface area contributed by atoms with Crippen LogP contribution in [0.4, 0.5) is 14.5 Å². The number of hydrogen-bond acceptors (Lipinski definition) is 4. The molecule has 1 saturated carbocycles. The van der Waals surface area contributed by atoms with Crippen LogP contribution in [0.25, 0.3) is 0 Å². The molecular formula is C17H20F2N2O3. The fourth-order valence-corrected chi connectivity index (χ4v) is 3.17. The molecule has 7 heteroatoms. The smallest absolute Gasteiger partial charge is 0.321 e. The van der Waals surface area contributed by atoms with Crippen LogP contribution in [-0.4, -0.2) is 38.6 Å². The predicted molar refractivity (Wildman–Crippen MR) is 83.4 cm³/mol. The van der Waals surface area contributed by atoms with E-state index < -0.39 is 23.0 Å². The SMILES string of the molecule is COC(=O)C1(C(=O)NC[C@@H]2CCN(c3ccc(F)c(F)c3)C2)CC1. The average Bonchev–Trinajstić information content (AvgIpc) is 3.26. The molecule has 1 amide bonds. The van der Waals surface area contributed by atoms with Crippen molar-refractivity contribution in [1.82, 2.24) is 5.32 Å². The molecule has 1 heterocycles. The summed E-state index contributed by atoms with van der Waals surface area (Å²) in [5, 5.41) is 2.83. The molecular weight excluding hydrogens is 318 g/mol. The molecule has 1 aromatic carbocycles. The largest absolute Gasteiger partial charge is 0.468 e. The van der Waals surface area contributed by atoms with E-state index in [1.165, 1.54) is 13.2 Å². The number of carbonyl (C=O) groups excluding carboxylic acids is 2. The van der Waals surface area contributed by atoms with Crippen molar-refractivity contribution >= 4 is 17.6 Å². The predicted octanol–water partition coefficient (Wildman–Crippen LogP) is 1.86. The Balaban J connectivity index is 1.52. The lowest BCUT2D eigenvalue weighted by Gasteiger charge is -2.19. The first-order valence-corrected chi connectivity index (χ1v) is 8.03. The number of nitrogens with zero attached hydrogens (tertiary/aromatic N) is 1. The fraction of sp³-hybridized carbons (Fsp3) is 0.529. The lowest BCUT2D eigenvalue weighted by atomic mass is 10.1. The Hall–Kier alpha value is -2.18. The Morgan fingerprint density at radius 2 is 2.08 bits per heavy atom. The Labute approximate surface area is 139 Å². The monoisotopic (exact) mass is 338 g/mol. The zero-order chi connectivity index (χ0) is 17.3. The zero-order valence-corrected chi connectivity index (χ0v) is 13.5. The van der Waals surface area contributed by atoms with Gasteiger partial charge in [-0.2, -0.15) is 0 Å². The summed E-state index contributed by atoms with van der Waals surface area (Å²) >= 11 is 0. The molecule has 1 atom stereocenters. The topological polar surface area (TPSA) is 58.6 Å². The number of hydrogen-bond donors (Lipinski definition) is 1. The molecule has 0 radical (unpaired) electrons. The van der Waals surface area contributed by atoms with E-state index in [2.05, 4.69) is 5.32 Å². The fourth-order valence-electron chi connectivity index (χ4n) is 3.17. The van der Waals surface area contributed by atoms with Crippen LogP contribution in [0.5, 0.6) is 0 Å². The normalized spacial score (nSPS) is 21.5. The van der Waals surface area contributed by atoms with Crippen LogP contribution in [0.1, 0.15) is 19.3 Å². The summed E-state index contributed by atoms with van der Waals surface area (Å²) in [5.41, 5.74) is -0.358. The van der Waals surface area contributed by atoms with E-state index in [-0.39, 0.29) is 11.8 Å². The number of methoxy groups -OCH3 is 1. The summed E-state index contributed by atoms with van der Waals surface area (Å²) in [4.78, 5) is 25.8. The van der Waals surface area contributed by atoms with Crippen LogP contribution < -0.4 is 10.2 Å². The van der Waals surface area contributed by atoms with E-state index in [4.69, 9.17) is 4.74 Å². The van der Waals surface area contributed by atoms with Gasteiger partial charge in [-0.15, -0.1) is 0 Å². The molecule has 2 aliphatic rings. The second-order valence-corrected chi connectivity index (χ2v) is 6.48. The second kappa shape index (κ2) is 6.37. The van der Waals surface area contributed by atoms with E-state index in [1.807, 2.05) is 4.90 Å². The second-order valence-electron chi connectivity index (χ2n) is 6.48. The highest BCUT2D eigenvalue weighted by atomic mass is 19.2. The molecule has 0 aromatic heterocycles. The van der Waals surface area contributed by atoms with Crippen molar-refractivity contribution in [3.63, 3.8) is 0 Å². The van der Waals surface area contributed by atoms with Gasteiger partial charge in [0, 0.05) is 31.4 Å². The molecule has 0 bridgehead atoms. The van der Waals surface area contributed by atoms with E-state index >= 15 is 0 Å². The lowest BCUT2D eigenvalue weighted by molar-refractivity contribution is -0.152. The third-order valence-electron chi connectivity index (χ3n) is 4.87. The molecule has 1 saturated heterocycles. The number of carbonyl (C=O) groups is 2. The average molecular weight is 338 g/mol. The van der Waals surface area contributed by atoms with Gasteiger partial charge in [0.15, 0.2) is 11.6 Å². The first-order chi connectivity index (χ1) is 11.5. The number of benzene rings is 1. The maximum Gasteiger partial charge on any atom is 0.321 e. The Bertz CT molecular complexity index is 661. The maximum atomic E-state index is 13.3. The minimum Gasteiger partial charge on any atom is -0.468 e. The van der Waals surface area contributed by atoms with Gasteiger partial charge in [0.2, 0.25) is 5.91 Å². The quantitative estimate of drug-likeness (QED) is 0.658. The van der Waals surface area contributed by atoms with Crippen molar-refractivity contribution in [2.75, 3.05) is 31.6 Å². The molecule has 0 spiro atoms. The Morgan fingerprint density at radius 1 is 1.33 bits per heavy atom. The van der Waals surface area contributed by atoms with Gasteiger partial charge in [-0.05, 0) is 37.3 Å². The van der Waals surface area contributed by atoms with Gasteiger partial charge in [-0.1, -0.05) is 0 Å². The molecule has 24 heavy (non-hydrogen) atoms. The van der Waals surface area contributed by atoms with Crippen LogP contribution in [0, 0.1) is 23.0 Å². The lowest BCUT2D eigenvalue weighted by Crippen LogP contribution is -2.40. The molecule has 5 nitrogen and oxygen atoms in total. The van der Waals surface area contributed by atoms with Crippen molar-refractivity contribution in [1.29, 1.82) is 0 Å². The first-order valence-electron chi connectivity index (χ1n) is 8.03. The zero-order valence-electron chi connectivity index (χ0n) is 13.5. The van der Waals surface area contributed by atoms with Gasteiger partial charge in [-0.3, -0.25) is 9.59 Å². The third-order valence-corrected chi connectivity index (χ3v) is 4.87. The van der Waals surface area contributed by atoms with Crippen molar-refractivity contribution < 1.29 is 23.1 Å². The van der Waals surface area contributed by atoms with Crippen LogP contribution in [0.3, 0.4) is 0 Å². The van der Waals surface area contributed by atoms with Gasteiger partial charge in [0.1, 0.15) is 5.41 Å². The molecule has 0 unspecified atom stereocenters. The van der Waals surface area contributed by atoms with Crippen molar-refractivity contribution in [2.45, 2.75) is 19.3 Å². The molecule has 130 valence electrons. The summed E-state index contributed by atoms with van der Waals surface area (Å²) in [6.45, 7) is 1.82. The van der Waals surface area contributed by atoms with Crippen LogP contribution >= 0.6 is 0 Å². The van der Waals surface area contributed by atoms with E-state index in [1.54, 1.807) is 6.07 Å². The van der Waals surface area contributed by atoms with E-state index in [0.717, 1.165) is 12.5 Å². The maximum absolute atomic E-state index is 13.3. The van der Waals surface area contributed by atoms with Gasteiger partial charge in [-0.25, -0.2) is 8.78 Å². The summed E-state index contributed by atoms with van der Waals surface area (Å²) < 4.78 is 31.0. The van der Waals surface area contributed by atoms with E-state index in [0.29, 0.717) is 38.2 Å². The minimum atomic E-state index is -0.993. The summed E-state index contributed by atoms with van der Waals surface area (Å²) in [6.07, 6.45) is 1.89. The highest BCUT2D eigenvalue weighted by Gasteiger charge is 2.57. The van der Waals surface area contributed by atoms with Crippen molar-refractivity contribution in [3.05, 3.63) is 29.8 Å². The van der Waals surface area contributed by atoms with Gasteiger partial charge in [0.05, 0.1) is 7.11 Å². The van der Waals surface area contributed by atoms with Crippen LogP contribution in [-0.2, 0) is 14.3 Å². The van der Waals surface area contributed by atoms with Crippen LogP contribution in [0.15, 0.2) is 18.2 Å². The minimum absolute atomic E-state index is 0.204. The number of amides is 1. The molecule has 1 N–H and O–H groups in total. The molecule has 3 rings (SSSR count). The number of halogens is 2. The highest BCUT2D eigenvalue weighted by molar-refractivity contribution is 6.05. The van der Waals surface area contributed by atoms with Crippen molar-refractivity contribution in [2.24, 2.45) is 11.3 Å². The van der Waals surface area contributed by atoms with Crippen molar-refractivity contribution in [3.8, 4) is 0 Å². The standard InChI is InChI=1S/C17H20F2N2O3/c1-24-16(23)17(5-6-17)15(22)20-9-11-4-7-21(10-11)12-2-3-13(18)14(19)8-12/h2-3,8,11H,4-7,9-10H2,1H3,(H,20,22)/t11-/m0/s1. The highest BCUT2D eigenvalue weighted by Crippen LogP contribution is 2.46. The number of ether oxygens (including phenoxy) is 1. The summed E-state index contributed by atoms with van der Waals surface area (Å²) in [5.74, 6) is -2.27. The third kappa shape index (κ3) is 3.07. The van der Waals surface area contributed by atoms with Gasteiger partial charge < -0.3 is 15.0 Å². The van der Waals surface area contributed by atoms with E-state index in [9.17, 15) is 18.4 Å². The van der Waals surface area contributed by atoms with Crippen LogP contribution in [0.2, 0.25) is 0 Å². The number of nitrogens with one attached hydrogen (secondary N) is 1. The number of esters is 1. The molecule has 1 aromatic rings. The van der Waals surface area contributed by atoms with Gasteiger partial charge >= 0.3 is 5.97 Å².